The maximum absolute atomic E-state index is 12.8. The van der Waals surface area contributed by atoms with E-state index in [4.69, 9.17) is 4.74 Å². The van der Waals surface area contributed by atoms with Crippen molar-refractivity contribution in [2.75, 3.05) is 13.1 Å². The molecule has 1 aliphatic rings. The lowest BCUT2D eigenvalue weighted by atomic mass is 9.89. The van der Waals surface area contributed by atoms with Gasteiger partial charge in [0.05, 0.1) is 0 Å². The summed E-state index contributed by atoms with van der Waals surface area (Å²) in [5, 5.41) is 0. The summed E-state index contributed by atoms with van der Waals surface area (Å²) in [6.45, 7) is 6.51. The summed E-state index contributed by atoms with van der Waals surface area (Å²) >= 11 is 3.55. The minimum Gasteiger partial charge on any atom is -0.444 e. The van der Waals surface area contributed by atoms with Crippen molar-refractivity contribution in [2.24, 2.45) is 0 Å². The highest BCUT2D eigenvalue weighted by Crippen LogP contribution is 2.34. The van der Waals surface area contributed by atoms with Crippen molar-refractivity contribution in [3.05, 3.63) is 33.8 Å². The van der Waals surface area contributed by atoms with Gasteiger partial charge in [-0.3, -0.25) is 0 Å². The number of halogens is 2. The molecule has 0 unspecified atom stereocenters. The number of carbonyl (C=O) groups excluding carboxylic acids is 1. The number of piperidine rings is 1. The first-order chi connectivity index (χ1) is 10.3. The maximum atomic E-state index is 12.8. The van der Waals surface area contributed by atoms with Gasteiger partial charge >= 0.3 is 6.09 Å². The van der Waals surface area contributed by atoms with Crippen molar-refractivity contribution >= 4 is 22.0 Å². The van der Waals surface area contributed by atoms with E-state index in [0.29, 0.717) is 24.6 Å². The monoisotopic (exact) mass is 371 g/mol. The zero-order valence-corrected chi connectivity index (χ0v) is 15.0. The fraction of sp³-hybridized carbons (Fsp3) is 0.588. The van der Waals surface area contributed by atoms with Gasteiger partial charge in [0.2, 0.25) is 0 Å². The van der Waals surface area contributed by atoms with Crippen LogP contribution in [-0.2, 0) is 11.4 Å². The molecular formula is C17H23BrFNO2. The van der Waals surface area contributed by atoms with Gasteiger partial charge < -0.3 is 9.64 Å². The molecule has 1 heterocycles. The average molecular weight is 372 g/mol. The van der Waals surface area contributed by atoms with Crippen molar-refractivity contribution in [2.45, 2.75) is 51.8 Å². The number of rotatable bonds is 2. The zero-order chi connectivity index (χ0) is 16.3. The number of alkyl halides is 1. The molecule has 3 nitrogen and oxygen atoms in total. The van der Waals surface area contributed by atoms with E-state index in [1.165, 1.54) is 0 Å². The van der Waals surface area contributed by atoms with Crippen LogP contribution < -0.4 is 0 Å². The van der Waals surface area contributed by atoms with Gasteiger partial charge in [-0.15, -0.1) is 0 Å². The first-order valence-corrected chi connectivity index (χ1v) is 8.41. The van der Waals surface area contributed by atoms with E-state index < -0.39 is 12.3 Å². The Labute approximate surface area is 140 Å². The molecule has 0 aliphatic carbocycles. The number of hydrogen-bond acceptors (Lipinski definition) is 2. The highest BCUT2D eigenvalue weighted by molar-refractivity contribution is 9.10. The Morgan fingerprint density at radius 1 is 1.36 bits per heavy atom. The van der Waals surface area contributed by atoms with Gasteiger partial charge in [0.15, 0.2) is 0 Å². The predicted molar refractivity (Wildman–Crippen MR) is 88.7 cm³/mol. The minimum absolute atomic E-state index is 0.248. The molecule has 1 aromatic rings. The SMILES string of the molecule is CC(C)(C)OC(=O)N1CCC(c2cc(CF)ccc2Br)CC1. The lowest BCUT2D eigenvalue weighted by Gasteiger charge is -2.34. The third-order valence-corrected chi connectivity index (χ3v) is 4.52. The van der Waals surface area contributed by atoms with E-state index in [2.05, 4.69) is 15.9 Å². The van der Waals surface area contributed by atoms with Crippen LogP contribution in [0.4, 0.5) is 9.18 Å². The summed E-state index contributed by atoms with van der Waals surface area (Å²) < 4.78 is 19.3. The molecule has 1 amide bonds. The summed E-state index contributed by atoms with van der Waals surface area (Å²) in [4.78, 5) is 13.8. The Hall–Kier alpha value is -1.10. The molecule has 0 radical (unpaired) electrons. The quantitative estimate of drug-likeness (QED) is 0.729. The third-order valence-electron chi connectivity index (χ3n) is 3.80. The molecule has 0 saturated carbocycles. The number of benzene rings is 1. The molecule has 0 atom stereocenters. The second-order valence-corrected chi connectivity index (χ2v) is 7.59. The van der Waals surface area contributed by atoms with Crippen LogP contribution in [-0.4, -0.2) is 29.7 Å². The van der Waals surface area contributed by atoms with Gasteiger partial charge in [-0.2, -0.15) is 0 Å². The van der Waals surface area contributed by atoms with E-state index in [-0.39, 0.29) is 6.09 Å². The molecular weight excluding hydrogens is 349 g/mol. The molecule has 0 spiro atoms. The molecule has 0 N–H and O–H groups in total. The second kappa shape index (κ2) is 6.99. The highest BCUT2D eigenvalue weighted by Gasteiger charge is 2.28. The van der Waals surface area contributed by atoms with Gasteiger partial charge in [0.1, 0.15) is 12.3 Å². The second-order valence-electron chi connectivity index (χ2n) is 6.73. The Balaban J connectivity index is 1.99. The van der Waals surface area contributed by atoms with E-state index in [1.54, 1.807) is 11.0 Å². The number of carbonyl (C=O) groups is 1. The van der Waals surface area contributed by atoms with Gasteiger partial charge in [-0.05, 0) is 56.7 Å². The van der Waals surface area contributed by atoms with Gasteiger partial charge in [-0.25, -0.2) is 9.18 Å². The molecule has 0 aromatic heterocycles. The first-order valence-electron chi connectivity index (χ1n) is 7.62. The van der Waals surface area contributed by atoms with Crippen LogP contribution in [0.25, 0.3) is 0 Å². The van der Waals surface area contributed by atoms with Crippen LogP contribution in [0.15, 0.2) is 22.7 Å². The molecule has 1 aromatic carbocycles. The predicted octanol–water partition coefficient (Wildman–Crippen LogP) is 5.03. The molecule has 1 fully saturated rings. The fourth-order valence-electron chi connectivity index (χ4n) is 2.69. The molecule has 0 bridgehead atoms. The zero-order valence-electron chi connectivity index (χ0n) is 13.4. The third kappa shape index (κ3) is 4.45. The molecule has 5 heteroatoms. The highest BCUT2D eigenvalue weighted by atomic mass is 79.9. The summed E-state index contributed by atoms with van der Waals surface area (Å²) in [5.41, 5.74) is 1.37. The fourth-order valence-corrected chi connectivity index (χ4v) is 3.26. The largest absolute Gasteiger partial charge is 0.444 e. The maximum Gasteiger partial charge on any atom is 0.410 e. The molecule has 2 rings (SSSR count). The summed E-state index contributed by atoms with van der Waals surface area (Å²) in [5.74, 6) is 0.347. The Bertz CT molecular complexity index is 534. The van der Waals surface area contributed by atoms with Crippen molar-refractivity contribution in [1.82, 2.24) is 4.90 Å². The summed E-state index contributed by atoms with van der Waals surface area (Å²) in [7, 11) is 0. The molecule has 1 saturated heterocycles. The number of hydrogen-bond donors (Lipinski definition) is 0. The summed E-state index contributed by atoms with van der Waals surface area (Å²) in [6, 6.07) is 5.63. The van der Waals surface area contributed by atoms with E-state index in [0.717, 1.165) is 22.9 Å². The molecule has 1 aliphatic heterocycles. The van der Waals surface area contributed by atoms with Crippen LogP contribution in [0, 0.1) is 0 Å². The topological polar surface area (TPSA) is 29.5 Å². The van der Waals surface area contributed by atoms with Crippen molar-refractivity contribution in [3.63, 3.8) is 0 Å². The summed E-state index contributed by atoms with van der Waals surface area (Å²) in [6.07, 6.45) is 1.49. The number of ether oxygens (including phenoxy) is 1. The normalized spacial score (nSPS) is 16.7. The Morgan fingerprint density at radius 2 is 2.00 bits per heavy atom. The Kier molecular flexibility index (Phi) is 5.48. The lowest BCUT2D eigenvalue weighted by molar-refractivity contribution is 0.0204. The van der Waals surface area contributed by atoms with Crippen LogP contribution in [0.3, 0.4) is 0 Å². The van der Waals surface area contributed by atoms with Crippen molar-refractivity contribution < 1.29 is 13.9 Å². The van der Waals surface area contributed by atoms with Crippen LogP contribution in [0.5, 0.6) is 0 Å². The van der Waals surface area contributed by atoms with Crippen LogP contribution in [0.2, 0.25) is 0 Å². The molecule has 122 valence electrons. The van der Waals surface area contributed by atoms with Crippen LogP contribution in [0.1, 0.15) is 50.7 Å². The molecule has 22 heavy (non-hydrogen) atoms. The number of nitrogens with zero attached hydrogens (tertiary/aromatic N) is 1. The number of likely N-dealkylation sites (tertiary alicyclic amines) is 1. The number of amides is 1. The van der Waals surface area contributed by atoms with Gasteiger partial charge in [0, 0.05) is 17.6 Å². The lowest BCUT2D eigenvalue weighted by Crippen LogP contribution is -2.41. The van der Waals surface area contributed by atoms with E-state index in [9.17, 15) is 9.18 Å². The minimum atomic E-state index is -0.466. The van der Waals surface area contributed by atoms with E-state index in [1.807, 2.05) is 32.9 Å². The van der Waals surface area contributed by atoms with Crippen LogP contribution >= 0.6 is 15.9 Å². The van der Waals surface area contributed by atoms with E-state index >= 15 is 0 Å². The van der Waals surface area contributed by atoms with Gasteiger partial charge in [0.25, 0.3) is 0 Å². The smallest absolute Gasteiger partial charge is 0.410 e. The van der Waals surface area contributed by atoms with Crippen molar-refractivity contribution in [3.8, 4) is 0 Å². The van der Waals surface area contributed by atoms with Crippen molar-refractivity contribution in [1.29, 1.82) is 0 Å². The standard InChI is InChI=1S/C17H23BrFNO2/c1-17(2,3)22-16(21)20-8-6-13(7-9-20)14-10-12(11-19)4-5-15(14)18/h4-5,10,13H,6-9,11H2,1-3H3. The first kappa shape index (κ1) is 17.3. The average Bonchev–Trinajstić information content (AvgIpc) is 2.46. The van der Waals surface area contributed by atoms with Gasteiger partial charge in [-0.1, -0.05) is 28.1 Å². The Morgan fingerprint density at radius 3 is 2.55 bits per heavy atom.